The minimum Gasteiger partial charge on any atom is -0.378 e. The third-order valence-corrected chi connectivity index (χ3v) is 16.4. The van der Waals surface area contributed by atoms with E-state index in [4.69, 9.17) is 30.4 Å². The first kappa shape index (κ1) is 33.3. The average Bonchev–Trinajstić information content (AvgIpc) is 2.76. The molecule has 0 fully saturated rings. The molecule has 0 aliphatic rings. The Kier molecular flexibility index (Phi) is 17.0. The van der Waals surface area contributed by atoms with Gasteiger partial charge >= 0.3 is 26.4 Å². The Hall–Kier alpha value is 0.251. The van der Waals surface area contributed by atoms with Gasteiger partial charge in [0, 0.05) is 53.7 Å². The van der Waals surface area contributed by atoms with Crippen LogP contribution in [-0.2, 0) is 30.4 Å². The maximum atomic E-state index is 6.74. The Labute approximate surface area is 206 Å². The van der Waals surface area contributed by atoms with E-state index in [0.29, 0.717) is 18.1 Å². The second-order valence-corrected chi connectivity index (χ2v) is 18.3. The molecular formula is C20H51N3O7Si3. The Morgan fingerprint density at radius 2 is 0.667 bits per heavy atom. The standard InChI is InChI=1S/C20H51N3O7Si3/c1-21(2)15-12-18-31(24-7,25-8)29-33(28-11,20-14-17-23(5)6)30-32(26-9,27-10)19-13-16-22(3)4/h12-20H2,1-11H3. The monoisotopic (exact) mass is 529 g/mol. The van der Waals surface area contributed by atoms with Gasteiger partial charge in [-0.2, -0.15) is 0 Å². The van der Waals surface area contributed by atoms with Gasteiger partial charge in [0.25, 0.3) is 0 Å². The lowest BCUT2D eigenvalue weighted by atomic mass is 10.5. The van der Waals surface area contributed by atoms with Gasteiger partial charge in [-0.15, -0.1) is 0 Å². The van der Waals surface area contributed by atoms with Crippen molar-refractivity contribution in [3.05, 3.63) is 0 Å². The average molecular weight is 530 g/mol. The molecule has 0 saturated heterocycles. The van der Waals surface area contributed by atoms with Gasteiger partial charge in [0.05, 0.1) is 0 Å². The van der Waals surface area contributed by atoms with Gasteiger partial charge in [0.15, 0.2) is 0 Å². The highest BCUT2D eigenvalue weighted by molar-refractivity contribution is 6.80. The summed E-state index contributed by atoms with van der Waals surface area (Å²) >= 11 is 0. The van der Waals surface area contributed by atoms with E-state index in [-0.39, 0.29) is 0 Å². The van der Waals surface area contributed by atoms with Gasteiger partial charge in [0.1, 0.15) is 0 Å². The van der Waals surface area contributed by atoms with Gasteiger partial charge in [-0.3, -0.25) is 0 Å². The Balaban J connectivity index is 5.91. The van der Waals surface area contributed by atoms with Crippen molar-refractivity contribution in [3.63, 3.8) is 0 Å². The van der Waals surface area contributed by atoms with E-state index >= 15 is 0 Å². The predicted molar refractivity (Wildman–Crippen MR) is 138 cm³/mol. The van der Waals surface area contributed by atoms with Gasteiger partial charge in [0.2, 0.25) is 0 Å². The Morgan fingerprint density at radius 1 is 0.424 bits per heavy atom. The zero-order valence-electron chi connectivity index (χ0n) is 23.1. The number of hydrogen-bond acceptors (Lipinski definition) is 10. The van der Waals surface area contributed by atoms with Crippen LogP contribution in [0.2, 0.25) is 18.1 Å². The molecule has 0 aliphatic carbocycles. The molecule has 0 spiro atoms. The molecule has 33 heavy (non-hydrogen) atoms. The molecule has 0 amide bonds. The third-order valence-electron chi connectivity index (χ3n) is 5.44. The van der Waals surface area contributed by atoms with Crippen molar-refractivity contribution < 1.29 is 30.4 Å². The van der Waals surface area contributed by atoms with Gasteiger partial charge in [-0.25, -0.2) is 0 Å². The molecule has 0 aromatic carbocycles. The van der Waals surface area contributed by atoms with Crippen molar-refractivity contribution >= 4 is 26.4 Å². The van der Waals surface area contributed by atoms with E-state index in [9.17, 15) is 0 Å². The lowest BCUT2D eigenvalue weighted by Crippen LogP contribution is -2.63. The molecule has 13 heteroatoms. The first-order valence-corrected chi connectivity index (χ1v) is 17.4. The van der Waals surface area contributed by atoms with Gasteiger partial charge < -0.3 is 45.1 Å². The summed E-state index contributed by atoms with van der Waals surface area (Å²) in [4.78, 5) is 6.41. The fourth-order valence-corrected chi connectivity index (χ4v) is 14.6. The lowest BCUT2D eigenvalue weighted by Gasteiger charge is -2.41. The van der Waals surface area contributed by atoms with E-state index in [1.54, 1.807) is 35.5 Å². The van der Waals surface area contributed by atoms with Crippen LogP contribution in [0.5, 0.6) is 0 Å². The van der Waals surface area contributed by atoms with Crippen LogP contribution < -0.4 is 0 Å². The zero-order valence-corrected chi connectivity index (χ0v) is 26.1. The van der Waals surface area contributed by atoms with Gasteiger partial charge in [-0.1, -0.05) is 0 Å². The highest BCUT2D eigenvalue weighted by Gasteiger charge is 2.57. The first-order valence-electron chi connectivity index (χ1n) is 11.6. The first-order chi connectivity index (χ1) is 15.5. The van der Waals surface area contributed by atoms with E-state index < -0.39 is 26.4 Å². The highest BCUT2D eigenvalue weighted by atomic mass is 28.5. The zero-order chi connectivity index (χ0) is 25.5. The van der Waals surface area contributed by atoms with Crippen LogP contribution in [0.3, 0.4) is 0 Å². The number of hydrogen-bond donors (Lipinski definition) is 0. The predicted octanol–water partition coefficient (Wildman–Crippen LogP) is 1.92. The second-order valence-electron chi connectivity index (χ2n) is 8.99. The van der Waals surface area contributed by atoms with Crippen LogP contribution in [0.4, 0.5) is 0 Å². The largest absolute Gasteiger partial charge is 0.493 e. The van der Waals surface area contributed by atoms with Crippen molar-refractivity contribution in [2.75, 3.05) is 97.5 Å². The smallest absolute Gasteiger partial charge is 0.378 e. The molecule has 0 atom stereocenters. The molecule has 0 radical (unpaired) electrons. The SMILES string of the molecule is CO[Si](CCCN(C)C)(OC)O[Si](CCCN(C)C)(OC)O[Si](CCCN(C)C)(OC)OC. The van der Waals surface area contributed by atoms with E-state index in [1.165, 1.54) is 0 Å². The van der Waals surface area contributed by atoms with Crippen molar-refractivity contribution in [1.82, 2.24) is 14.7 Å². The molecule has 0 heterocycles. The van der Waals surface area contributed by atoms with Crippen molar-refractivity contribution in [1.29, 1.82) is 0 Å². The number of rotatable bonds is 21. The Bertz CT molecular complexity index is 466. The summed E-state index contributed by atoms with van der Waals surface area (Å²) in [5.74, 6) is 0. The van der Waals surface area contributed by atoms with Gasteiger partial charge in [-0.05, 0) is 81.2 Å². The highest BCUT2D eigenvalue weighted by Crippen LogP contribution is 2.31. The third kappa shape index (κ3) is 12.7. The summed E-state index contributed by atoms with van der Waals surface area (Å²) in [5, 5.41) is 0. The van der Waals surface area contributed by atoms with Crippen LogP contribution >= 0.6 is 0 Å². The van der Waals surface area contributed by atoms with Crippen molar-refractivity contribution in [3.8, 4) is 0 Å². The molecule has 0 rings (SSSR count). The number of nitrogens with zero attached hydrogens (tertiary/aromatic N) is 3. The maximum Gasteiger partial charge on any atom is 0.493 e. The van der Waals surface area contributed by atoms with Crippen LogP contribution in [0.15, 0.2) is 0 Å². The minimum absolute atomic E-state index is 0.617. The van der Waals surface area contributed by atoms with Crippen LogP contribution in [-0.4, -0.2) is 139 Å². The van der Waals surface area contributed by atoms with Crippen LogP contribution in [0.1, 0.15) is 19.3 Å². The molecule has 200 valence electrons. The topological polar surface area (TPSA) is 74.3 Å². The second kappa shape index (κ2) is 16.8. The fourth-order valence-electron chi connectivity index (χ4n) is 3.46. The molecule has 0 aliphatic heterocycles. The summed E-state index contributed by atoms with van der Waals surface area (Å²) in [6.07, 6.45) is 2.61. The van der Waals surface area contributed by atoms with Crippen LogP contribution in [0, 0.1) is 0 Å². The molecule has 0 saturated carbocycles. The van der Waals surface area contributed by atoms with Crippen molar-refractivity contribution in [2.24, 2.45) is 0 Å². The van der Waals surface area contributed by atoms with E-state index in [1.807, 2.05) is 42.3 Å². The van der Waals surface area contributed by atoms with Crippen molar-refractivity contribution in [2.45, 2.75) is 37.4 Å². The molecule has 0 N–H and O–H groups in total. The molecule has 0 aromatic rings. The molecule has 0 bridgehead atoms. The molecular weight excluding hydrogens is 478 g/mol. The summed E-state index contributed by atoms with van der Waals surface area (Å²) in [6.45, 7) is 2.70. The lowest BCUT2D eigenvalue weighted by molar-refractivity contribution is 0.0688. The summed E-state index contributed by atoms with van der Waals surface area (Å²) in [6, 6.07) is 1.96. The minimum atomic E-state index is -3.28. The molecule has 10 nitrogen and oxygen atoms in total. The summed E-state index contributed by atoms with van der Waals surface area (Å²) in [7, 11) is 11.2. The molecule has 0 unspecified atom stereocenters. The Morgan fingerprint density at radius 3 is 0.879 bits per heavy atom. The summed E-state index contributed by atoms with van der Waals surface area (Å²) in [5.41, 5.74) is 0. The van der Waals surface area contributed by atoms with E-state index in [2.05, 4.69) is 14.7 Å². The molecule has 0 aromatic heterocycles. The normalized spacial score (nSPS) is 13.6. The fraction of sp³-hybridized carbons (Fsp3) is 1.00. The summed E-state index contributed by atoms with van der Waals surface area (Å²) < 4.78 is 43.2. The maximum absolute atomic E-state index is 6.74. The quantitative estimate of drug-likeness (QED) is 0.206. The van der Waals surface area contributed by atoms with E-state index in [0.717, 1.165) is 38.9 Å². The van der Waals surface area contributed by atoms with Crippen LogP contribution in [0.25, 0.3) is 0 Å².